The minimum atomic E-state index is -2.72. The van der Waals surface area contributed by atoms with Crippen molar-refractivity contribution in [2.24, 2.45) is 5.73 Å². The summed E-state index contributed by atoms with van der Waals surface area (Å²) in [6.07, 6.45) is -2.72. The number of halogens is 3. The molecule has 0 unspecified atom stereocenters. The van der Waals surface area contributed by atoms with E-state index in [0.29, 0.717) is 5.56 Å². The minimum absolute atomic E-state index is 0.0213. The average molecular weight is 208 g/mol. The highest BCUT2D eigenvalue weighted by atomic mass is 35.5. The quantitative estimate of drug-likeness (QED) is 0.726. The van der Waals surface area contributed by atoms with Crippen LogP contribution in [-0.4, -0.2) is 4.98 Å². The summed E-state index contributed by atoms with van der Waals surface area (Å²) in [6.45, 7) is 0.125. The summed E-state index contributed by atoms with van der Waals surface area (Å²) >= 11 is 5.57. The molecular formula is C7H8ClF2N3. The highest BCUT2D eigenvalue weighted by Gasteiger charge is 2.15. The Kier molecular flexibility index (Phi) is 3.00. The summed E-state index contributed by atoms with van der Waals surface area (Å²) in [5.74, 6) is 0. The van der Waals surface area contributed by atoms with Gasteiger partial charge in [-0.3, -0.25) is 0 Å². The Hall–Kier alpha value is -0.940. The van der Waals surface area contributed by atoms with Gasteiger partial charge >= 0.3 is 0 Å². The normalized spacial score (nSPS) is 10.8. The van der Waals surface area contributed by atoms with Crippen LogP contribution < -0.4 is 11.5 Å². The van der Waals surface area contributed by atoms with Crippen LogP contribution in [0.5, 0.6) is 0 Å². The van der Waals surface area contributed by atoms with Crippen molar-refractivity contribution in [3.05, 3.63) is 22.5 Å². The van der Waals surface area contributed by atoms with E-state index in [1.165, 1.54) is 6.07 Å². The third-order valence-corrected chi connectivity index (χ3v) is 1.86. The molecule has 0 aromatic carbocycles. The topological polar surface area (TPSA) is 64.9 Å². The molecule has 3 nitrogen and oxygen atoms in total. The van der Waals surface area contributed by atoms with Gasteiger partial charge in [-0.1, -0.05) is 11.6 Å². The highest BCUT2D eigenvalue weighted by Crippen LogP contribution is 2.26. The van der Waals surface area contributed by atoms with E-state index >= 15 is 0 Å². The third-order valence-electron chi connectivity index (χ3n) is 1.54. The number of aromatic nitrogens is 1. The first-order valence-corrected chi connectivity index (χ1v) is 3.87. The van der Waals surface area contributed by atoms with Gasteiger partial charge in [0.15, 0.2) is 0 Å². The molecule has 0 aliphatic rings. The second kappa shape index (κ2) is 3.85. The molecule has 1 aromatic heterocycles. The molecule has 0 saturated heterocycles. The van der Waals surface area contributed by atoms with Crippen LogP contribution in [0.3, 0.4) is 0 Å². The van der Waals surface area contributed by atoms with Gasteiger partial charge in [0.25, 0.3) is 6.43 Å². The summed E-state index contributed by atoms with van der Waals surface area (Å²) in [5, 5.41) is -0.0213. The lowest BCUT2D eigenvalue weighted by molar-refractivity contribution is 0.147. The molecule has 1 heterocycles. The molecule has 13 heavy (non-hydrogen) atoms. The molecule has 4 N–H and O–H groups in total. The van der Waals surface area contributed by atoms with E-state index in [1.807, 2.05) is 0 Å². The molecule has 1 aromatic rings. The Morgan fingerprint density at radius 2 is 2.15 bits per heavy atom. The fourth-order valence-corrected chi connectivity index (χ4v) is 1.10. The molecular weight excluding hydrogens is 200 g/mol. The standard InChI is InChI=1S/C7H8ClF2N3/c8-6-3(2-11)1-4(12)5(13-6)7(9)10/h1,7H,2,11-12H2. The van der Waals surface area contributed by atoms with Gasteiger partial charge in [-0.25, -0.2) is 13.8 Å². The average Bonchev–Trinajstić information content (AvgIpc) is 2.07. The van der Waals surface area contributed by atoms with Gasteiger partial charge in [-0.05, 0) is 6.07 Å². The maximum atomic E-state index is 12.2. The first-order chi connectivity index (χ1) is 6.06. The maximum absolute atomic E-state index is 12.2. The van der Waals surface area contributed by atoms with Crippen LogP contribution in [0, 0.1) is 0 Å². The molecule has 1 rings (SSSR count). The molecule has 0 aliphatic carbocycles. The zero-order valence-corrected chi connectivity index (χ0v) is 7.35. The van der Waals surface area contributed by atoms with Crippen molar-refractivity contribution in [2.75, 3.05) is 5.73 Å². The number of hydrogen-bond donors (Lipinski definition) is 2. The van der Waals surface area contributed by atoms with Gasteiger partial charge in [0, 0.05) is 12.1 Å². The zero-order chi connectivity index (χ0) is 10.0. The highest BCUT2D eigenvalue weighted by molar-refractivity contribution is 6.30. The number of nitrogen functional groups attached to an aromatic ring is 1. The lowest BCUT2D eigenvalue weighted by Crippen LogP contribution is -2.05. The fourth-order valence-electron chi connectivity index (χ4n) is 0.881. The SMILES string of the molecule is NCc1cc(N)c(C(F)F)nc1Cl. The Morgan fingerprint density at radius 1 is 1.54 bits per heavy atom. The fraction of sp³-hybridized carbons (Fsp3) is 0.286. The summed E-state index contributed by atoms with van der Waals surface area (Å²) in [6, 6.07) is 1.32. The molecule has 0 aliphatic heterocycles. The molecule has 0 radical (unpaired) electrons. The summed E-state index contributed by atoms with van der Waals surface area (Å²) in [4.78, 5) is 3.45. The van der Waals surface area contributed by atoms with Crippen molar-refractivity contribution in [3.63, 3.8) is 0 Å². The lowest BCUT2D eigenvalue weighted by atomic mass is 10.2. The lowest BCUT2D eigenvalue weighted by Gasteiger charge is -2.07. The van der Waals surface area contributed by atoms with Gasteiger partial charge in [-0.2, -0.15) is 0 Å². The van der Waals surface area contributed by atoms with Crippen LogP contribution in [0.25, 0.3) is 0 Å². The predicted molar refractivity (Wildman–Crippen MR) is 46.5 cm³/mol. The van der Waals surface area contributed by atoms with Crippen LogP contribution in [0.1, 0.15) is 17.7 Å². The van der Waals surface area contributed by atoms with E-state index in [0.717, 1.165) is 0 Å². The molecule has 72 valence electrons. The summed E-state index contributed by atoms with van der Waals surface area (Å²) in [7, 11) is 0. The van der Waals surface area contributed by atoms with Crippen molar-refractivity contribution in [2.45, 2.75) is 13.0 Å². The van der Waals surface area contributed by atoms with Crippen LogP contribution in [0.15, 0.2) is 6.07 Å². The number of nitrogens with zero attached hydrogens (tertiary/aromatic N) is 1. The van der Waals surface area contributed by atoms with Gasteiger partial charge < -0.3 is 11.5 Å². The van der Waals surface area contributed by atoms with Crippen LogP contribution in [-0.2, 0) is 6.54 Å². The number of pyridine rings is 1. The first kappa shape index (κ1) is 10.1. The van der Waals surface area contributed by atoms with E-state index < -0.39 is 12.1 Å². The Labute approximate surface area is 78.7 Å². The van der Waals surface area contributed by atoms with E-state index in [1.54, 1.807) is 0 Å². The summed E-state index contributed by atoms with van der Waals surface area (Å²) in [5.41, 5.74) is 10.5. The largest absolute Gasteiger partial charge is 0.397 e. The number of anilines is 1. The van der Waals surface area contributed by atoms with Gasteiger partial charge in [0.05, 0.1) is 5.69 Å². The molecule has 6 heteroatoms. The smallest absolute Gasteiger partial charge is 0.282 e. The Balaban J connectivity index is 3.20. The third kappa shape index (κ3) is 2.05. The molecule has 0 fully saturated rings. The number of rotatable bonds is 2. The maximum Gasteiger partial charge on any atom is 0.282 e. The van der Waals surface area contributed by atoms with Crippen molar-refractivity contribution in [1.29, 1.82) is 0 Å². The monoisotopic (exact) mass is 207 g/mol. The zero-order valence-electron chi connectivity index (χ0n) is 6.60. The number of hydrogen-bond acceptors (Lipinski definition) is 3. The number of alkyl halides is 2. The van der Waals surface area contributed by atoms with Gasteiger partial charge in [0.2, 0.25) is 0 Å². The molecule has 0 saturated carbocycles. The molecule has 0 spiro atoms. The minimum Gasteiger partial charge on any atom is -0.397 e. The van der Waals surface area contributed by atoms with E-state index in [4.69, 9.17) is 23.1 Å². The van der Waals surface area contributed by atoms with E-state index in [9.17, 15) is 8.78 Å². The van der Waals surface area contributed by atoms with Crippen LogP contribution in [0.4, 0.5) is 14.5 Å². The second-order valence-corrected chi connectivity index (χ2v) is 2.78. The Morgan fingerprint density at radius 3 is 2.62 bits per heavy atom. The number of nitrogens with two attached hydrogens (primary N) is 2. The first-order valence-electron chi connectivity index (χ1n) is 3.49. The van der Waals surface area contributed by atoms with Crippen LogP contribution >= 0.6 is 11.6 Å². The molecule has 0 atom stereocenters. The Bertz CT molecular complexity index is 317. The predicted octanol–water partition coefficient (Wildman–Crippen LogP) is 1.71. The van der Waals surface area contributed by atoms with Crippen molar-refractivity contribution in [3.8, 4) is 0 Å². The molecule has 0 bridgehead atoms. The van der Waals surface area contributed by atoms with E-state index in [-0.39, 0.29) is 17.4 Å². The van der Waals surface area contributed by atoms with Crippen molar-refractivity contribution < 1.29 is 8.78 Å². The second-order valence-electron chi connectivity index (χ2n) is 2.42. The van der Waals surface area contributed by atoms with Gasteiger partial charge in [0.1, 0.15) is 10.8 Å². The van der Waals surface area contributed by atoms with E-state index in [2.05, 4.69) is 4.98 Å². The van der Waals surface area contributed by atoms with Crippen LogP contribution in [0.2, 0.25) is 5.15 Å². The van der Waals surface area contributed by atoms with Gasteiger partial charge in [-0.15, -0.1) is 0 Å². The molecule has 0 amide bonds. The van der Waals surface area contributed by atoms with Crippen molar-refractivity contribution >= 4 is 17.3 Å². The summed E-state index contributed by atoms with van der Waals surface area (Å²) < 4.78 is 24.4. The van der Waals surface area contributed by atoms with Crippen molar-refractivity contribution in [1.82, 2.24) is 4.98 Å².